The van der Waals surface area contributed by atoms with Crippen LogP contribution in [-0.2, 0) is 0 Å². The monoisotopic (exact) mass is 160 g/mol. The van der Waals surface area contributed by atoms with Gasteiger partial charge in [-0.2, -0.15) is 0 Å². The molecule has 0 spiro atoms. The zero-order valence-electron chi connectivity index (χ0n) is 7.96. The molecule has 0 fully saturated rings. The van der Waals surface area contributed by atoms with E-state index in [1.165, 1.54) is 0 Å². The molecule has 0 aromatic carbocycles. The van der Waals surface area contributed by atoms with Crippen LogP contribution in [0.1, 0.15) is 0 Å². The van der Waals surface area contributed by atoms with Gasteiger partial charge in [-0.1, -0.05) is 13.2 Å². The van der Waals surface area contributed by atoms with Gasteiger partial charge in [-0.25, -0.2) is 0 Å². The van der Waals surface area contributed by atoms with Gasteiger partial charge in [-0.05, 0) is 12.4 Å². The molecule has 0 saturated heterocycles. The Bertz CT molecular complexity index is 78.1. The van der Waals surface area contributed by atoms with Crippen LogP contribution in [-0.4, -0.2) is 43.5 Å². The molecule has 0 aromatic rings. The third kappa shape index (κ3) is 48.5. The van der Waals surface area contributed by atoms with Crippen molar-refractivity contribution in [3.63, 3.8) is 0 Å². The minimum absolute atomic E-state index is 0. The highest BCUT2D eigenvalue weighted by Crippen LogP contribution is 1.65. The van der Waals surface area contributed by atoms with Crippen molar-refractivity contribution >= 4 is 0 Å². The first-order chi connectivity index (χ1) is 4.54. The smallest absolute Gasteiger partial charge is 0.00554 e. The average Bonchev–Trinajstić information content (AvgIpc) is 1.89. The third-order valence-corrected chi connectivity index (χ3v) is 0.730. The number of hydrogen-bond acceptors (Lipinski definition) is 2. The lowest BCUT2D eigenvalue weighted by atomic mass is 10.9. The Morgan fingerprint density at radius 3 is 0.909 bits per heavy atom. The molecule has 68 valence electrons. The van der Waals surface area contributed by atoms with Crippen LogP contribution in [0.15, 0.2) is 25.6 Å². The molecule has 0 bridgehead atoms. The summed E-state index contributed by atoms with van der Waals surface area (Å²) in [4.78, 5) is 3.78. The van der Waals surface area contributed by atoms with Crippen LogP contribution < -0.4 is 0 Å². The van der Waals surface area contributed by atoms with E-state index in [2.05, 4.69) is 13.2 Å². The van der Waals surface area contributed by atoms with Gasteiger partial charge >= 0.3 is 0 Å². The summed E-state index contributed by atoms with van der Waals surface area (Å²) >= 11 is 0. The van der Waals surface area contributed by atoms with E-state index < -0.39 is 0 Å². The highest BCUT2D eigenvalue weighted by molar-refractivity contribution is 4.59. The summed E-state index contributed by atoms with van der Waals surface area (Å²) in [5.41, 5.74) is 0. The molecule has 0 radical (unpaired) electrons. The van der Waals surface area contributed by atoms with Gasteiger partial charge in [-0.15, -0.1) is 0 Å². The lowest BCUT2D eigenvalue weighted by Crippen LogP contribution is -1.97. The summed E-state index contributed by atoms with van der Waals surface area (Å²) in [5, 5.41) is 0. The van der Waals surface area contributed by atoms with E-state index >= 15 is 0 Å². The summed E-state index contributed by atoms with van der Waals surface area (Å²) in [7, 11) is 7.75. The Balaban J connectivity index is -0.000000107. The summed E-state index contributed by atoms with van der Waals surface area (Å²) in [6.45, 7) is 6.97. The maximum atomic E-state index is 3.49. The first kappa shape index (κ1) is 16.6. The summed E-state index contributed by atoms with van der Waals surface area (Å²) < 4.78 is 0. The Morgan fingerprint density at radius 1 is 0.818 bits per heavy atom. The minimum atomic E-state index is 0. The SMILES string of the molecule is C=CN(C)C.C=CN(C)C.O. The van der Waals surface area contributed by atoms with Crippen molar-refractivity contribution in [1.29, 1.82) is 0 Å². The molecule has 0 aromatic heterocycles. The molecular weight excluding hydrogens is 140 g/mol. The largest absolute Gasteiger partial charge is 0.412 e. The predicted octanol–water partition coefficient (Wildman–Crippen LogP) is 0.558. The predicted molar refractivity (Wildman–Crippen MR) is 51.4 cm³/mol. The van der Waals surface area contributed by atoms with E-state index in [4.69, 9.17) is 0 Å². The normalized spacial score (nSPS) is 6.18. The minimum Gasteiger partial charge on any atom is -0.412 e. The van der Waals surface area contributed by atoms with Crippen molar-refractivity contribution in [1.82, 2.24) is 9.80 Å². The molecule has 0 aliphatic carbocycles. The molecule has 0 unspecified atom stereocenters. The molecular formula is C8H20N2O. The zero-order chi connectivity index (χ0) is 8.57. The maximum absolute atomic E-state index is 3.49. The molecule has 0 saturated carbocycles. The zero-order valence-corrected chi connectivity index (χ0v) is 7.96. The van der Waals surface area contributed by atoms with Gasteiger partial charge in [0.2, 0.25) is 0 Å². The molecule has 11 heavy (non-hydrogen) atoms. The van der Waals surface area contributed by atoms with Crippen molar-refractivity contribution in [3.05, 3.63) is 25.6 Å². The molecule has 0 aliphatic heterocycles. The van der Waals surface area contributed by atoms with Gasteiger partial charge < -0.3 is 15.3 Å². The van der Waals surface area contributed by atoms with E-state index in [9.17, 15) is 0 Å². The first-order valence-corrected chi connectivity index (χ1v) is 3.12. The molecule has 0 heterocycles. The number of hydrogen-bond donors (Lipinski definition) is 0. The fourth-order valence-corrected chi connectivity index (χ4v) is 0. The van der Waals surface area contributed by atoms with Gasteiger partial charge in [0.15, 0.2) is 0 Å². The molecule has 0 aliphatic rings. The number of rotatable bonds is 2. The third-order valence-electron chi connectivity index (χ3n) is 0.730. The van der Waals surface area contributed by atoms with Crippen LogP contribution >= 0.6 is 0 Å². The van der Waals surface area contributed by atoms with Crippen molar-refractivity contribution < 1.29 is 5.48 Å². The van der Waals surface area contributed by atoms with Crippen molar-refractivity contribution in [3.8, 4) is 0 Å². The molecule has 0 rings (SSSR count). The summed E-state index contributed by atoms with van der Waals surface area (Å²) in [6, 6.07) is 0. The molecule has 0 amide bonds. The highest BCUT2D eigenvalue weighted by Gasteiger charge is 1.62. The Morgan fingerprint density at radius 2 is 0.909 bits per heavy atom. The standard InChI is InChI=1S/2C4H9N.H2O/c2*1-4-5(2)3;/h2*4H,1H2,2-3H3;1H2. The van der Waals surface area contributed by atoms with Crippen molar-refractivity contribution in [2.24, 2.45) is 0 Å². The van der Waals surface area contributed by atoms with E-state index in [-0.39, 0.29) is 5.48 Å². The fourth-order valence-electron chi connectivity index (χ4n) is 0. The number of nitrogens with zero attached hydrogens (tertiary/aromatic N) is 2. The van der Waals surface area contributed by atoms with E-state index in [0.29, 0.717) is 0 Å². The maximum Gasteiger partial charge on any atom is 0.00554 e. The highest BCUT2D eigenvalue weighted by atomic mass is 16.0. The molecule has 0 atom stereocenters. The quantitative estimate of drug-likeness (QED) is 0.592. The second kappa shape index (κ2) is 11.8. The van der Waals surface area contributed by atoms with Gasteiger partial charge in [0.05, 0.1) is 0 Å². The lowest BCUT2D eigenvalue weighted by molar-refractivity contribution is 0.566. The Hall–Kier alpha value is -0.960. The van der Waals surface area contributed by atoms with Gasteiger partial charge in [0.1, 0.15) is 0 Å². The van der Waals surface area contributed by atoms with Crippen LogP contribution in [0, 0.1) is 0 Å². The van der Waals surface area contributed by atoms with Gasteiger partial charge in [0, 0.05) is 28.2 Å². The van der Waals surface area contributed by atoms with Crippen LogP contribution in [0.2, 0.25) is 0 Å². The van der Waals surface area contributed by atoms with Crippen LogP contribution in [0.25, 0.3) is 0 Å². The second-order valence-corrected chi connectivity index (χ2v) is 2.29. The molecule has 2 N–H and O–H groups in total. The topological polar surface area (TPSA) is 38.0 Å². The van der Waals surface area contributed by atoms with E-state index in [0.717, 1.165) is 0 Å². The van der Waals surface area contributed by atoms with Crippen LogP contribution in [0.4, 0.5) is 0 Å². The van der Waals surface area contributed by atoms with E-state index in [1.807, 2.05) is 38.0 Å². The summed E-state index contributed by atoms with van der Waals surface area (Å²) in [6.07, 6.45) is 3.50. The Labute approximate surface area is 69.9 Å². The van der Waals surface area contributed by atoms with Crippen molar-refractivity contribution in [2.45, 2.75) is 0 Å². The molecule has 3 nitrogen and oxygen atoms in total. The van der Waals surface area contributed by atoms with Gasteiger partial charge in [-0.3, -0.25) is 0 Å². The first-order valence-electron chi connectivity index (χ1n) is 3.12. The molecule has 3 heteroatoms. The Kier molecular flexibility index (Phi) is 17.7. The van der Waals surface area contributed by atoms with Crippen molar-refractivity contribution in [2.75, 3.05) is 28.2 Å². The van der Waals surface area contributed by atoms with Crippen LogP contribution in [0.5, 0.6) is 0 Å². The van der Waals surface area contributed by atoms with Crippen LogP contribution in [0.3, 0.4) is 0 Å². The lowest BCUT2D eigenvalue weighted by Gasteiger charge is -1.98. The fraction of sp³-hybridized carbons (Fsp3) is 0.500. The summed E-state index contributed by atoms with van der Waals surface area (Å²) in [5.74, 6) is 0. The van der Waals surface area contributed by atoms with E-state index in [1.54, 1.807) is 12.4 Å². The van der Waals surface area contributed by atoms with Gasteiger partial charge in [0.25, 0.3) is 0 Å². The average molecular weight is 160 g/mol. The second-order valence-electron chi connectivity index (χ2n) is 2.29.